The van der Waals surface area contributed by atoms with Crippen molar-refractivity contribution in [2.75, 3.05) is 13.2 Å². The van der Waals surface area contributed by atoms with Crippen molar-refractivity contribution in [2.24, 2.45) is 0 Å². The molecule has 7 heteroatoms. The summed E-state index contributed by atoms with van der Waals surface area (Å²) in [6.45, 7) is 3.05. The van der Waals surface area contributed by atoms with E-state index in [2.05, 4.69) is 5.32 Å². The van der Waals surface area contributed by atoms with E-state index in [9.17, 15) is 13.2 Å². The smallest absolute Gasteiger partial charge is 0.339 e. The maximum Gasteiger partial charge on any atom is 0.339 e. The monoisotopic (exact) mass is 439 g/mol. The van der Waals surface area contributed by atoms with Crippen LogP contribution in [0.25, 0.3) is 0 Å². The van der Waals surface area contributed by atoms with E-state index >= 15 is 0 Å². The minimum Gasteiger partial charge on any atom is -0.465 e. The molecule has 0 aliphatic heterocycles. The predicted octanol–water partition coefficient (Wildman–Crippen LogP) is 3.89. The van der Waals surface area contributed by atoms with Gasteiger partial charge >= 0.3 is 16.1 Å². The topological polar surface area (TPSA) is 81.7 Å². The van der Waals surface area contributed by atoms with Crippen molar-refractivity contribution in [1.82, 2.24) is 5.32 Å². The lowest BCUT2D eigenvalue weighted by Crippen LogP contribution is -2.28. The highest BCUT2D eigenvalue weighted by Gasteiger charge is 2.22. The summed E-state index contributed by atoms with van der Waals surface area (Å²) in [6, 6.07) is 24.3. The third-order valence-corrected chi connectivity index (χ3v) is 5.87. The second kappa shape index (κ2) is 10.7. The van der Waals surface area contributed by atoms with Gasteiger partial charge in [0.05, 0.1) is 12.5 Å². The Balaban J connectivity index is 1.70. The predicted molar refractivity (Wildman–Crippen MR) is 118 cm³/mol. The molecule has 0 aliphatic carbocycles. The van der Waals surface area contributed by atoms with E-state index < -0.39 is 16.0 Å². The number of esters is 1. The average Bonchev–Trinajstić information content (AvgIpc) is 2.79. The SMILES string of the molecule is CCOC(=O)C(CNCc1ccccc1)c1ccc(OS(=O)(=O)c2ccccc2)cc1. The van der Waals surface area contributed by atoms with Crippen LogP contribution in [-0.2, 0) is 26.2 Å². The van der Waals surface area contributed by atoms with E-state index in [4.69, 9.17) is 8.92 Å². The molecular formula is C24H25NO5S. The van der Waals surface area contributed by atoms with E-state index in [1.54, 1.807) is 49.4 Å². The number of benzene rings is 3. The van der Waals surface area contributed by atoms with Gasteiger partial charge in [-0.05, 0) is 42.3 Å². The lowest BCUT2D eigenvalue weighted by atomic mass is 9.99. The first-order chi connectivity index (χ1) is 15.0. The van der Waals surface area contributed by atoms with Gasteiger partial charge in [0.25, 0.3) is 0 Å². The first-order valence-corrected chi connectivity index (χ1v) is 11.4. The van der Waals surface area contributed by atoms with Crippen molar-refractivity contribution in [3.63, 3.8) is 0 Å². The van der Waals surface area contributed by atoms with Crippen molar-refractivity contribution < 1.29 is 22.1 Å². The molecule has 1 N–H and O–H groups in total. The number of carbonyl (C=O) groups is 1. The Hall–Kier alpha value is -3.16. The number of nitrogens with one attached hydrogen (secondary N) is 1. The number of rotatable bonds is 10. The molecule has 31 heavy (non-hydrogen) atoms. The molecule has 1 unspecified atom stereocenters. The van der Waals surface area contributed by atoms with Crippen LogP contribution in [0, 0.1) is 0 Å². The molecule has 0 saturated carbocycles. The summed E-state index contributed by atoms with van der Waals surface area (Å²) in [5.74, 6) is -0.690. The summed E-state index contributed by atoms with van der Waals surface area (Å²) in [6.07, 6.45) is 0. The van der Waals surface area contributed by atoms with Crippen molar-refractivity contribution in [3.8, 4) is 5.75 Å². The molecule has 0 spiro atoms. The first-order valence-electron chi connectivity index (χ1n) is 10.0. The Labute approximate surface area is 183 Å². The molecule has 0 amide bonds. The van der Waals surface area contributed by atoms with Gasteiger partial charge in [0.1, 0.15) is 10.6 Å². The van der Waals surface area contributed by atoms with Gasteiger partial charge in [-0.2, -0.15) is 8.42 Å². The maximum absolute atomic E-state index is 12.5. The minimum absolute atomic E-state index is 0.0774. The Morgan fingerprint density at radius 2 is 1.52 bits per heavy atom. The molecule has 6 nitrogen and oxygen atoms in total. The van der Waals surface area contributed by atoms with E-state index in [1.165, 1.54) is 12.1 Å². The zero-order chi connectivity index (χ0) is 22.1. The summed E-state index contributed by atoms with van der Waals surface area (Å²) in [5.41, 5.74) is 1.82. The van der Waals surface area contributed by atoms with Crippen molar-refractivity contribution in [2.45, 2.75) is 24.3 Å². The average molecular weight is 440 g/mol. The molecule has 0 heterocycles. The highest BCUT2D eigenvalue weighted by Crippen LogP contribution is 2.23. The molecule has 3 aromatic carbocycles. The van der Waals surface area contributed by atoms with Crippen molar-refractivity contribution in [3.05, 3.63) is 96.1 Å². The summed E-state index contributed by atoms with van der Waals surface area (Å²) in [7, 11) is -3.92. The van der Waals surface area contributed by atoms with Crippen LogP contribution < -0.4 is 9.50 Å². The van der Waals surface area contributed by atoms with Gasteiger partial charge in [-0.25, -0.2) is 0 Å². The van der Waals surface area contributed by atoms with E-state index in [-0.39, 0.29) is 23.2 Å². The summed E-state index contributed by atoms with van der Waals surface area (Å²) >= 11 is 0. The number of carbonyl (C=O) groups excluding carboxylic acids is 1. The number of ether oxygens (including phenoxy) is 1. The third-order valence-electron chi connectivity index (χ3n) is 4.61. The lowest BCUT2D eigenvalue weighted by molar-refractivity contribution is -0.144. The quantitative estimate of drug-likeness (QED) is 0.381. The van der Waals surface area contributed by atoms with E-state index in [0.717, 1.165) is 5.56 Å². The normalized spacial score (nSPS) is 12.2. The molecule has 0 radical (unpaired) electrons. The van der Waals surface area contributed by atoms with Crippen LogP contribution in [0.3, 0.4) is 0 Å². The Kier molecular flexibility index (Phi) is 7.81. The van der Waals surface area contributed by atoms with Crippen LogP contribution in [-0.4, -0.2) is 27.5 Å². The van der Waals surface area contributed by atoms with Crippen LogP contribution in [0.2, 0.25) is 0 Å². The first kappa shape index (κ1) is 22.5. The van der Waals surface area contributed by atoms with Gasteiger partial charge in [0.15, 0.2) is 0 Å². The fourth-order valence-corrected chi connectivity index (χ4v) is 4.01. The van der Waals surface area contributed by atoms with Crippen molar-refractivity contribution in [1.29, 1.82) is 0 Å². The number of hydrogen-bond donors (Lipinski definition) is 1. The Morgan fingerprint density at radius 3 is 2.13 bits per heavy atom. The molecule has 0 bridgehead atoms. The van der Waals surface area contributed by atoms with Gasteiger partial charge < -0.3 is 14.2 Å². The fourth-order valence-electron chi connectivity index (χ4n) is 3.05. The lowest BCUT2D eigenvalue weighted by Gasteiger charge is -2.17. The third kappa shape index (κ3) is 6.41. The standard InChI is InChI=1S/C24H25NO5S/c1-2-29-24(26)23(18-25-17-19-9-5-3-6-10-19)20-13-15-21(16-14-20)30-31(27,28)22-11-7-4-8-12-22/h3-16,23,25H,2,17-18H2,1H3. The molecule has 0 saturated heterocycles. The highest BCUT2D eigenvalue weighted by atomic mass is 32.2. The van der Waals surface area contributed by atoms with Gasteiger partial charge in [-0.3, -0.25) is 4.79 Å². The second-order valence-corrected chi connectivity index (χ2v) is 8.39. The Morgan fingerprint density at radius 1 is 0.903 bits per heavy atom. The fraction of sp³-hybridized carbons (Fsp3) is 0.208. The summed E-state index contributed by atoms with van der Waals surface area (Å²) in [4.78, 5) is 12.6. The van der Waals surface area contributed by atoms with Crippen LogP contribution >= 0.6 is 0 Å². The van der Waals surface area contributed by atoms with Crippen LogP contribution in [0.15, 0.2) is 89.8 Å². The zero-order valence-corrected chi connectivity index (χ0v) is 18.0. The van der Waals surface area contributed by atoms with E-state index in [1.807, 2.05) is 30.3 Å². The molecule has 0 aromatic heterocycles. The molecule has 3 rings (SSSR count). The Bertz CT molecular complexity index is 1070. The van der Waals surface area contributed by atoms with Crippen LogP contribution in [0.5, 0.6) is 5.75 Å². The zero-order valence-electron chi connectivity index (χ0n) is 17.2. The summed E-state index contributed by atoms with van der Waals surface area (Å²) < 4.78 is 35.2. The van der Waals surface area contributed by atoms with Gasteiger partial charge in [0, 0.05) is 13.1 Å². The highest BCUT2D eigenvalue weighted by molar-refractivity contribution is 7.87. The van der Waals surface area contributed by atoms with Gasteiger partial charge in [-0.15, -0.1) is 0 Å². The molecule has 0 fully saturated rings. The van der Waals surface area contributed by atoms with Crippen LogP contribution in [0.4, 0.5) is 0 Å². The second-order valence-electron chi connectivity index (χ2n) is 6.84. The maximum atomic E-state index is 12.5. The molecule has 162 valence electrons. The van der Waals surface area contributed by atoms with Gasteiger partial charge in [0.2, 0.25) is 0 Å². The van der Waals surface area contributed by atoms with E-state index in [0.29, 0.717) is 18.7 Å². The molecule has 1 atom stereocenters. The summed E-state index contributed by atoms with van der Waals surface area (Å²) in [5, 5.41) is 3.29. The van der Waals surface area contributed by atoms with Crippen molar-refractivity contribution >= 4 is 16.1 Å². The number of hydrogen-bond acceptors (Lipinski definition) is 6. The molecule has 3 aromatic rings. The largest absolute Gasteiger partial charge is 0.465 e. The molecular weight excluding hydrogens is 414 g/mol. The molecule has 0 aliphatic rings. The minimum atomic E-state index is -3.92. The van der Waals surface area contributed by atoms with Crippen LogP contribution in [0.1, 0.15) is 24.0 Å². The van der Waals surface area contributed by atoms with Gasteiger partial charge in [-0.1, -0.05) is 60.7 Å².